The van der Waals surface area contributed by atoms with Crippen LogP contribution in [0.4, 0.5) is 10.8 Å². The van der Waals surface area contributed by atoms with Gasteiger partial charge in [-0.3, -0.25) is 14.4 Å². The van der Waals surface area contributed by atoms with Crippen LogP contribution in [0.2, 0.25) is 0 Å². The summed E-state index contributed by atoms with van der Waals surface area (Å²) >= 11 is 2.71. The number of benzene rings is 5. The van der Waals surface area contributed by atoms with Gasteiger partial charge in [-0.25, -0.2) is 4.98 Å². The van der Waals surface area contributed by atoms with E-state index in [1.165, 1.54) is 28.7 Å². The summed E-state index contributed by atoms with van der Waals surface area (Å²) in [5, 5.41) is 11.0. The van der Waals surface area contributed by atoms with Crippen LogP contribution in [0.25, 0.3) is 17.3 Å². The molecular formula is C41H34N4O4S2. The molecule has 254 valence electrons. The predicted molar refractivity (Wildman–Crippen MR) is 206 cm³/mol. The summed E-state index contributed by atoms with van der Waals surface area (Å²) in [5.74, 6) is -0.278. The second kappa shape index (κ2) is 17.1. The van der Waals surface area contributed by atoms with Crippen LogP contribution in [0.5, 0.6) is 5.75 Å². The van der Waals surface area contributed by atoms with E-state index in [1.54, 1.807) is 48.5 Å². The molecule has 0 spiro atoms. The summed E-state index contributed by atoms with van der Waals surface area (Å²) in [6.07, 6.45) is 1.61. The van der Waals surface area contributed by atoms with Gasteiger partial charge in [0.25, 0.3) is 11.8 Å². The quantitative estimate of drug-likeness (QED) is 0.0817. The molecule has 5 aromatic carbocycles. The lowest BCUT2D eigenvalue weighted by molar-refractivity contribution is -0.114. The maximum absolute atomic E-state index is 13.6. The van der Waals surface area contributed by atoms with Gasteiger partial charge in [-0.1, -0.05) is 96.6 Å². The number of thioether (sulfide) groups is 1. The molecule has 0 atom stereocenters. The Morgan fingerprint density at radius 2 is 1.53 bits per heavy atom. The first-order chi connectivity index (χ1) is 24.9. The first kappa shape index (κ1) is 34.9. The number of nitrogens with zero attached hydrogens (tertiary/aromatic N) is 1. The molecule has 0 saturated carbocycles. The summed E-state index contributed by atoms with van der Waals surface area (Å²) in [6, 6.07) is 41.1. The Hall–Kier alpha value is -5.97. The summed E-state index contributed by atoms with van der Waals surface area (Å²) in [4.78, 5) is 44.8. The lowest BCUT2D eigenvalue weighted by atomic mass is 10.1. The number of carbonyl (C=O) groups is 3. The molecule has 0 unspecified atom stereocenters. The van der Waals surface area contributed by atoms with Gasteiger partial charge < -0.3 is 20.7 Å². The largest absolute Gasteiger partial charge is 0.489 e. The predicted octanol–water partition coefficient (Wildman–Crippen LogP) is 8.84. The van der Waals surface area contributed by atoms with Crippen molar-refractivity contribution in [3.8, 4) is 17.0 Å². The van der Waals surface area contributed by atoms with Crippen LogP contribution in [0.3, 0.4) is 0 Å². The average molecular weight is 711 g/mol. The number of aryl methyl sites for hydroxylation is 1. The number of amides is 3. The highest BCUT2D eigenvalue weighted by molar-refractivity contribution is 8.00. The Kier molecular flexibility index (Phi) is 11.7. The van der Waals surface area contributed by atoms with E-state index in [0.717, 1.165) is 21.7 Å². The number of hydrogen-bond acceptors (Lipinski definition) is 7. The van der Waals surface area contributed by atoms with Crippen LogP contribution in [-0.4, -0.2) is 28.5 Å². The van der Waals surface area contributed by atoms with Gasteiger partial charge in [0, 0.05) is 27.1 Å². The second-order valence-corrected chi connectivity index (χ2v) is 13.4. The van der Waals surface area contributed by atoms with E-state index >= 15 is 0 Å². The molecule has 6 rings (SSSR count). The van der Waals surface area contributed by atoms with Crippen molar-refractivity contribution in [3.05, 3.63) is 167 Å². The fraction of sp³-hybridized carbons (Fsp3) is 0.0732. The highest BCUT2D eigenvalue weighted by Crippen LogP contribution is 2.27. The first-order valence-electron chi connectivity index (χ1n) is 16.1. The SMILES string of the molecule is Cc1ccc(-c2csc(NC(=O)CSc3cccc(NC(=O)/C(=C/c4ccc(OCc5ccccc5)cc4)NC(=O)c4ccccc4)c3)n2)cc1. The molecule has 3 amide bonds. The monoisotopic (exact) mass is 710 g/mol. The summed E-state index contributed by atoms with van der Waals surface area (Å²) in [5.41, 5.74) is 5.71. The summed E-state index contributed by atoms with van der Waals surface area (Å²) in [6.45, 7) is 2.46. The van der Waals surface area contributed by atoms with Gasteiger partial charge in [-0.05, 0) is 66.6 Å². The number of ether oxygens (including phenoxy) is 1. The number of aromatic nitrogens is 1. The van der Waals surface area contributed by atoms with Gasteiger partial charge >= 0.3 is 0 Å². The highest BCUT2D eigenvalue weighted by Gasteiger charge is 2.16. The normalized spacial score (nSPS) is 11.0. The summed E-state index contributed by atoms with van der Waals surface area (Å²) < 4.78 is 5.90. The van der Waals surface area contributed by atoms with Crippen molar-refractivity contribution in [2.24, 2.45) is 0 Å². The van der Waals surface area contributed by atoms with Crippen LogP contribution < -0.4 is 20.7 Å². The Labute approximate surface area is 304 Å². The average Bonchev–Trinajstić information content (AvgIpc) is 3.63. The van der Waals surface area contributed by atoms with E-state index in [-0.39, 0.29) is 17.4 Å². The van der Waals surface area contributed by atoms with E-state index in [9.17, 15) is 14.4 Å². The molecule has 0 aliphatic carbocycles. The third-order valence-corrected chi connectivity index (χ3v) is 9.28. The van der Waals surface area contributed by atoms with Gasteiger partial charge in [-0.15, -0.1) is 23.1 Å². The van der Waals surface area contributed by atoms with Crippen molar-refractivity contribution in [1.82, 2.24) is 10.3 Å². The minimum atomic E-state index is -0.503. The molecule has 0 fully saturated rings. The standard InChI is InChI=1S/C41H34N4O4S2/c1-28-15-19-31(20-16-28)37-26-51-41(44-37)45-38(46)27-50-35-14-8-13-33(24-35)42-40(48)36(43-39(47)32-11-6-3-7-12-32)23-29-17-21-34(22-18-29)49-25-30-9-4-2-5-10-30/h2-24,26H,25,27H2,1H3,(H,42,48)(H,43,47)(H,44,45,46)/b36-23-. The minimum Gasteiger partial charge on any atom is -0.489 e. The molecule has 0 aliphatic rings. The number of hydrogen-bond donors (Lipinski definition) is 3. The van der Waals surface area contributed by atoms with Gasteiger partial charge in [0.05, 0.1) is 11.4 Å². The molecule has 10 heteroatoms. The molecule has 1 aromatic heterocycles. The zero-order valence-electron chi connectivity index (χ0n) is 27.7. The van der Waals surface area contributed by atoms with Gasteiger partial charge in [-0.2, -0.15) is 0 Å². The molecule has 8 nitrogen and oxygen atoms in total. The minimum absolute atomic E-state index is 0.0627. The fourth-order valence-corrected chi connectivity index (χ4v) is 6.36. The van der Waals surface area contributed by atoms with E-state index < -0.39 is 11.8 Å². The highest BCUT2D eigenvalue weighted by atomic mass is 32.2. The van der Waals surface area contributed by atoms with Gasteiger partial charge in [0.1, 0.15) is 18.1 Å². The molecule has 3 N–H and O–H groups in total. The molecular weight excluding hydrogens is 677 g/mol. The van der Waals surface area contributed by atoms with E-state index in [1.807, 2.05) is 103 Å². The van der Waals surface area contributed by atoms with Crippen LogP contribution in [-0.2, 0) is 16.2 Å². The van der Waals surface area contributed by atoms with Gasteiger partial charge in [0.15, 0.2) is 5.13 Å². The zero-order chi connectivity index (χ0) is 35.4. The molecule has 51 heavy (non-hydrogen) atoms. The van der Waals surface area contributed by atoms with Crippen LogP contribution in [0.1, 0.15) is 27.0 Å². The van der Waals surface area contributed by atoms with Crippen molar-refractivity contribution < 1.29 is 19.1 Å². The van der Waals surface area contributed by atoms with E-state index in [2.05, 4.69) is 20.9 Å². The maximum atomic E-state index is 13.6. The lowest BCUT2D eigenvalue weighted by Gasteiger charge is -2.12. The molecule has 0 aliphatic heterocycles. The van der Waals surface area contributed by atoms with E-state index in [4.69, 9.17) is 4.74 Å². The van der Waals surface area contributed by atoms with Crippen molar-refractivity contribution in [2.45, 2.75) is 18.4 Å². The molecule has 6 aromatic rings. The Bertz CT molecular complexity index is 2130. The number of anilines is 2. The van der Waals surface area contributed by atoms with Crippen molar-refractivity contribution in [1.29, 1.82) is 0 Å². The van der Waals surface area contributed by atoms with Crippen molar-refractivity contribution >= 4 is 57.7 Å². The third kappa shape index (κ3) is 10.3. The van der Waals surface area contributed by atoms with Crippen LogP contribution >= 0.6 is 23.1 Å². The topological polar surface area (TPSA) is 109 Å². The van der Waals surface area contributed by atoms with Crippen molar-refractivity contribution in [3.63, 3.8) is 0 Å². The van der Waals surface area contributed by atoms with Crippen LogP contribution in [0.15, 0.2) is 149 Å². The first-order valence-corrected chi connectivity index (χ1v) is 18.0. The van der Waals surface area contributed by atoms with E-state index in [0.29, 0.717) is 34.3 Å². The maximum Gasteiger partial charge on any atom is 0.272 e. The molecule has 0 saturated heterocycles. The molecule has 1 heterocycles. The third-order valence-electron chi connectivity index (χ3n) is 7.53. The number of rotatable bonds is 13. The number of carbonyl (C=O) groups excluding carboxylic acids is 3. The van der Waals surface area contributed by atoms with Crippen LogP contribution in [0, 0.1) is 6.92 Å². The molecule has 0 radical (unpaired) electrons. The Morgan fingerprint density at radius 1 is 0.804 bits per heavy atom. The second-order valence-electron chi connectivity index (χ2n) is 11.4. The number of thiazole rings is 1. The Morgan fingerprint density at radius 3 is 2.27 bits per heavy atom. The smallest absolute Gasteiger partial charge is 0.272 e. The molecule has 0 bridgehead atoms. The lowest BCUT2D eigenvalue weighted by Crippen LogP contribution is -2.30. The van der Waals surface area contributed by atoms with Gasteiger partial charge in [0.2, 0.25) is 5.91 Å². The summed E-state index contributed by atoms with van der Waals surface area (Å²) in [7, 11) is 0. The number of nitrogens with one attached hydrogen (secondary N) is 3. The Balaban J connectivity index is 1.09. The van der Waals surface area contributed by atoms with Crippen molar-refractivity contribution in [2.75, 3.05) is 16.4 Å². The fourth-order valence-electron chi connectivity index (χ4n) is 4.86. The zero-order valence-corrected chi connectivity index (χ0v) is 29.3.